The van der Waals surface area contributed by atoms with Crippen molar-refractivity contribution in [1.29, 1.82) is 0 Å². The molecule has 13 unspecified atom stereocenters. The summed E-state index contributed by atoms with van der Waals surface area (Å²) in [5.41, 5.74) is 1.88. The van der Waals surface area contributed by atoms with E-state index < -0.39 is 65.9 Å². The van der Waals surface area contributed by atoms with Crippen LogP contribution in [-0.4, -0.2) is 115 Å². The van der Waals surface area contributed by atoms with Gasteiger partial charge in [0.15, 0.2) is 0 Å². The number of methoxy groups -OCH3 is 3. The molecule has 4 aliphatic rings. The number of rotatable bonds is 7. The zero-order valence-electron chi connectivity index (χ0n) is 35.9. The molecule has 3 aliphatic heterocycles. The van der Waals surface area contributed by atoms with Crippen molar-refractivity contribution < 1.29 is 53.1 Å². The molecular formula is C45H71NO11. The van der Waals surface area contributed by atoms with Crippen molar-refractivity contribution in [3.63, 3.8) is 0 Å². The van der Waals surface area contributed by atoms with Crippen LogP contribution in [0.15, 0.2) is 35.5 Å². The number of carbonyl (C=O) groups is 4. The van der Waals surface area contributed by atoms with Crippen molar-refractivity contribution in [2.24, 2.45) is 29.6 Å². The number of piperidine rings is 1. The standard InChI is InChI=1S/C45H71NO11/c1-10-11-14-33-22-27(2)21-28(3)23-38(54-8)41-39(55-9)25-31(6)45(52,57-41)42(49)43(50)46-20-13-12-15-34(46)44(51)56-40(29(4)16-18-35(33)47)30(5)24-32-17-19-36(48)37(26-32)53-7/h10-11,22,24,28-29,31-34,36-41,48,52H,12-21,23,25-26H2,1-9H3/b11-10+,27-22-,30-24+. The molecule has 2 bridgehead atoms. The normalized spacial score (nSPS) is 39.9. The van der Waals surface area contributed by atoms with Gasteiger partial charge in [-0.2, -0.15) is 0 Å². The van der Waals surface area contributed by atoms with Gasteiger partial charge >= 0.3 is 5.97 Å². The Kier molecular flexibility index (Phi) is 17.7. The largest absolute Gasteiger partial charge is 0.456 e. The second-order valence-electron chi connectivity index (χ2n) is 17.4. The molecule has 3 heterocycles. The highest BCUT2D eigenvalue weighted by Crippen LogP contribution is 2.39. The van der Waals surface area contributed by atoms with Gasteiger partial charge in [-0.3, -0.25) is 14.4 Å². The number of amides is 1. The van der Waals surface area contributed by atoms with Crippen LogP contribution in [0.3, 0.4) is 0 Å². The Labute approximate surface area is 340 Å². The number of allylic oxidation sites excluding steroid dienone is 5. The van der Waals surface area contributed by atoms with Crippen molar-refractivity contribution in [2.75, 3.05) is 27.9 Å². The Morgan fingerprint density at radius 3 is 2.30 bits per heavy atom. The van der Waals surface area contributed by atoms with E-state index in [1.165, 1.54) is 4.90 Å². The van der Waals surface area contributed by atoms with Crippen LogP contribution >= 0.6 is 0 Å². The van der Waals surface area contributed by atoms with E-state index in [9.17, 15) is 29.4 Å². The lowest BCUT2D eigenvalue weighted by Gasteiger charge is -2.47. The van der Waals surface area contributed by atoms with Crippen molar-refractivity contribution in [3.8, 4) is 0 Å². The minimum absolute atomic E-state index is 0.0723. The number of ether oxygens (including phenoxy) is 5. The van der Waals surface area contributed by atoms with E-state index in [1.54, 1.807) is 28.3 Å². The lowest BCUT2D eigenvalue weighted by Crippen LogP contribution is -2.64. The maximum atomic E-state index is 14.3. The summed E-state index contributed by atoms with van der Waals surface area (Å²) < 4.78 is 30.0. The third-order valence-electron chi connectivity index (χ3n) is 12.9. The lowest BCUT2D eigenvalue weighted by molar-refractivity contribution is -0.302. The predicted octanol–water partition coefficient (Wildman–Crippen LogP) is 6.06. The van der Waals surface area contributed by atoms with E-state index in [0.717, 1.165) is 17.6 Å². The van der Waals surface area contributed by atoms with Gasteiger partial charge in [0.05, 0.1) is 24.4 Å². The molecule has 12 nitrogen and oxygen atoms in total. The minimum atomic E-state index is -2.47. The first-order chi connectivity index (χ1) is 27.1. The zero-order chi connectivity index (χ0) is 42.0. The van der Waals surface area contributed by atoms with Gasteiger partial charge in [0, 0.05) is 46.1 Å². The van der Waals surface area contributed by atoms with Gasteiger partial charge in [-0.05, 0) is 115 Å². The Bertz CT molecular complexity index is 1470. The van der Waals surface area contributed by atoms with Crippen LogP contribution in [0.5, 0.6) is 0 Å². The number of aliphatic hydroxyl groups excluding tert-OH is 1. The number of esters is 1. The van der Waals surface area contributed by atoms with Crippen LogP contribution < -0.4 is 0 Å². The molecule has 3 fully saturated rings. The molecule has 57 heavy (non-hydrogen) atoms. The van der Waals surface area contributed by atoms with Gasteiger partial charge in [-0.25, -0.2) is 4.79 Å². The summed E-state index contributed by atoms with van der Waals surface area (Å²) >= 11 is 0. The highest BCUT2D eigenvalue weighted by Gasteiger charge is 2.56. The molecular weight excluding hydrogens is 730 g/mol. The zero-order valence-corrected chi connectivity index (χ0v) is 35.9. The first-order valence-corrected chi connectivity index (χ1v) is 21.3. The average Bonchev–Trinajstić information content (AvgIpc) is 3.19. The van der Waals surface area contributed by atoms with Crippen molar-refractivity contribution in [3.05, 3.63) is 35.5 Å². The number of hydrogen-bond donors (Lipinski definition) is 2. The summed E-state index contributed by atoms with van der Waals surface area (Å²) in [6, 6.07) is -1.05. The molecule has 1 saturated carbocycles. The monoisotopic (exact) mass is 802 g/mol. The van der Waals surface area contributed by atoms with Crippen molar-refractivity contribution in [2.45, 2.75) is 167 Å². The third-order valence-corrected chi connectivity index (χ3v) is 12.9. The van der Waals surface area contributed by atoms with Gasteiger partial charge in [0.2, 0.25) is 5.79 Å². The molecule has 0 aromatic carbocycles. The average molecular weight is 802 g/mol. The van der Waals surface area contributed by atoms with Crippen LogP contribution in [-0.2, 0) is 42.9 Å². The first-order valence-electron chi connectivity index (χ1n) is 21.3. The maximum Gasteiger partial charge on any atom is 0.329 e. The van der Waals surface area contributed by atoms with Crippen molar-refractivity contribution >= 4 is 23.4 Å². The molecule has 1 amide bonds. The van der Waals surface area contributed by atoms with Gasteiger partial charge in [0.1, 0.15) is 24.0 Å². The molecule has 0 spiro atoms. The van der Waals surface area contributed by atoms with Gasteiger partial charge in [-0.15, -0.1) is 0 Å². The summed E-state index contributed by atoms with van der Waals surface area (Å²) in [7, 11) is 4.70. The van der Waals surface area contributed by atoms with E-state index in [2.05, 4.69) is 19.1 Å². The number of hydrogen-bond acceptors (Lipinski definition) is 11. The van der Waals surface area contributed by atoms with Gasteiger partial charge in [0.25, 0.3) is 11.7 Å². The highest BCUT2D eigenvalue weighted by atomic mass is 16.7. The molecule has 12 heteroatoms. The van der Waals surface area contributed by atoms with Gasteiger partial charge < -0.3 is 38.8 Å². The molecule has 4 rings (SSSR count). The quantitative estimate of drug-likeness (QED) is 0.175. The second-order valence-corrected chi connectivity index (χ2v) is 17.4. The van der Waals surface area contributed by atoms with Crippen molar-refractivity contribution in [1.82, 2.24) is 4.90 Å². The van der Waals surface area contributed by atoms with E-state index in [0.29, 0.717) is 57.8 Å². The molecule has 13 atom stereocenters. The van der Waals surface area contributed by atoms with E-state index in [-0.39, 0.29) is 54.9 Å². The molecule has 0 aromatic heterocycles. The Morgan fingerprint density at radius 1 is 0.947 bits per heavy atom. The summed E-state index contributed by atoms with van der Waals surface area (Å²) in [6.45, 7) is 11.8. The van der Waals surface area contributed by atoms with Crippen LogP contribution in [0.25, 0.3) is 0 Å². The molecule has 2 N–H and O–H groups in total. The first kappa shape index (κ1) is 46.9. The van der Waals surface area contributed by atoms with E-state index >= 15 is 0 Å². The molecule has 322 valence electrons. The fraction of sp³-hybridized carbons (Fsp3) is 0.778. The molecule has 1 aliphatic carbocycles. The van der Waals surface area contributed by atoms with E-state index in [4.69, 9.17) is 23.7 Å². The predicted molar refractivity (Wildman–Crippen MR) is 216 cm³/mol. The Hall–Kier alpha value is -2.74. The summed E-state index contributed by atoms with van der Waals surface area (Å²) in [5, 5.41) is 22.5. The maximum absolute atomic E-state index is 14.3. The number of ketones is 2. The van der Waals surface area contributed by atoms with Crippen LogP contribution in [0.4, 0.5) is 0 Å². The Balaban J connectivity index is 1.76. The number of carbonyl (C=O) groups excluding carboxylic acids is 4. The molecule has 0 aromatic rings. The second kappa shape index (κ2) is 21.5. The lowest BCUT2D eigenvalue weighted by atomic mass is 9.82. The number of fused-ring (bicyclic) bond motifs is 3. The number of Topliss-reactive ketones (excluding diaryl/α,β-unsaturated/α-hetero) is 2. The number of nitrogens with zero attached hydrogens (tertiary/aromatic N) is 1. The molecule has 2 saturated heterocycles. The summed E-state index contributed by atoms with van der Waals surface area (Å²) in [6.07, 6.45) is 10.8. The van der Waals surface area contributed by atoms with Crippen LogP contribution in [0.1, 0.15) is 119 Å². The summed E-state index contributed by atoms with van der Waals surface area (Å²) in [4.78, 5) is 58.0. The highest BCUT2D eigenvalue weighted by molar-refractivity contribution is 6.39. The smallest absolute Gasteiger partial charge is 0.329 e. The minimum Gasteiger partial charge on any atom is -0.456 e. The fourth-order valence-corrected chi connectivity index (χ4v) is 9.53. The third kappa shape index (κ3) is 11.7. The van der Waals surface area contributed by atoms with E-state index in [1.807, 2.05) is 39.8 Å². The summed E-state index contributed by atoms with van der Waals surface area (Å²) in [5.74, 6) is -6.33. The SMILES string of the molecule is C/C=C/CC1/C=C(/C)CC(C)CC(OC)C2OC(O)(C(=O)C(=O)N3CCCCC3C(=O)OC(/C(C)=C/C3CCC(O)C(OC)C3)C(C)CCC1=O)C(C)CC2OC. The number of aliphatic hydroxyl groups is 2. The topological polar surface area (TPSA) is 158 Å². The van der Waals surface area contributed by atoms with Crippen LogP contribution in [0.2, 0.25) is 0 Å². The van der Waals surface area contributed by atoms with Crippen LogP contribution in [0, 0.1) is 29.6 Å². The Morgan fingerprint density at radius 2 is 1.63 bits per heavy atom. The fourth-order valence-electron chi connectivity index (χ4n) is 9.53. The van der Waals surface area contributed by atoms with Gasteiger partial charge in [-0.1, -0.05) is 50.6 Å². The molecule has 0 radical (unpaired) electrons. The number of cyclic esters (lactones) is 1.